The van der Waals surface area contributed by atoms with Gasteiger partial charge in [-0.3, -0.25) is 9.48 Å². The van der Waals surface area contributed by atoms with E-state index in [0.29, 0.717) is 38.6 Å². The van der Waals surface area contributed by atoms with Crippen molar-refractivity contribution in [3.05, 3.63) is 54.0 Å². The molecule has 2 aromatic heterocycles. The molecule has 1 unspecified atom stereocenters. The van der Waals surface area contributed by atoms with E-state index in [9.17, 15) is 4.79 Å². The Balaban J connectivity index is 1.20. The number of hydrogen-bond donors (Lipinski definition) is 1. The summed E-state index contributed by atoms with van der Waals surface area (Å²) >= 11 is 0. The Morgan fingerprint density at radius 2 is 1.87 bits per heavy atom. The van der Waals surface area contributed by atoms with Gasteiger partial charge in [0.15, 0.2) is 8.32 Å². The van der Waals surface area contributed by atoms with Gasteiger partial charge in [0.2, 0.25) is 11.9 Å². The topological polar surface area (TPSA) is 94.4 Å². The van der Waals surface area contributed by atoms with Gasteiger partial charge in [0.1, 0.15) is 0 Å². The second-order valence-corrected chi connectivity index (χ2v) is 20.0. The van der Waals surface area contributed by atoms with E-state index in [1.807, 2.05) is 21.8 Å². The van der Waals surface area contributed by atoms with Crippen molar-refractivity contribution in [1.82, 2.24) is 24.6 Å². The Morgan fingerprint density at radius 1 is 1.09 bits per heavy atom. The SMILES string of the molecule is CC(C)(C)OC1CN(C(=O)CC2CCCCc3cc(-c4ccnc(Nc5cnn(CCO[Si](C)(C)C(C)(C)C)c5)n4)ccc32)C1. The average molecular weight is 633 g/mol. The molecule has 10 heteroatoms. The van der Waals surface area contributed by atoms with Crippen LogP contribution >= 0.6 is 0 Å². The lowest BCUT2D eigenvalue weighted by Gasteiger charge is -2.42. The molecule has 1 atom stereocenters. The predicted molar refractivity (Wildman–Crippen MR) is 182 cm³/mol. The highest BCUT2D eigenvalue weighted by Gasteiger charge is 2.37. The smallest absolute Gasteiger partial charge is 0.227 e. The zero-order valence-electron chi connectivity index (χ0n) is 28.5. The lowest BCUT2D eigenvalue weighted by Crippen LogP contribution is -2.56. The number of amides is 1. The van der Waals surface area contributed by atoms with Crippen molar-refractivity contribution in [3.63, 3.8) is 0 Å². The first-order chi connectivity index (χ1) is 21.2. The van der Waals surface area contributed by atoms with Gasteiger partial charge in [-0.1, -0.05) is 39.3 Å². The molecule has 0 radical (unpaired) electrons. The van der Waals surface area contributed by atoms with Gasteiger partial charge in [-0.05, 0) is 87.3 Å². The molecule has 45 heavy (non-hydrogen) atoms. The molecule has 9 nitrogen and oxygen atoms in total. The van der Waals surface area contributed by atoms with Crippen LogP contribution in [-0.2, 0) is 26.9 Å². The monoisotopic (exact) mass is 632 g/mol. The number of benzene rings is 1. The summed E-state index contributed by atoms with van der Waals surface area (Å²) in [6.45, 7) is 20.2. The quantitative estimate of drug-likeness (QED) is 0.185. The molecule has 1 N–H and O–H groups in total. The molecule has 1 aliphatic carbocycles. The van der Waals surface area contributed by atoms with Crippen LogP contribution in [0.2, 0.25) is 18.1 Å². The molecule has 244 valence electrons. The molecular formula is C35H52N6O3Si. The van der Waals surface area contributed by atoms with Crippen LogP contribution in [0.15, 0.2) is 42.9 Å². The first kappa shape index (κ1) is 33.3. The van der Waals surface area contributed by atoms with Crippen LogP contribution in [0, 0.1) is 0 Å². The van der Waals surface area contributed by atoms with E-state index in [2.05, 4.69) is 88.2 Å². The maximum absolute atomic E-state index is 13.2. The number of carbonyl (C=O) groups is 1. The van der Waals surface area contributed by atoms with Crippen molar-refractivity contribution in [2.75, 3.05) is 25.0 Å². The molecule has 0 spiro atoms. The third kappa shape index (κ3) is 8.59. The highest BCUT2D eigenvalue weighted by atomic mass is 28.4. The molecule has 1 aromatic carbocycles. The fraction of sp³-hybridized carbons (Fsp3) is 0.600. The third-order valence-corrected chi connectivity index (χ3v) is 13.9. The second kappa shape index (κ2) is 13.3. The fourth-order valence-electron chi connectivity index (χ4n) is 5.88. The number of aromatic nitrogens is 4. The van der Waals surface area contributed by atoms with Crippen molar-refractivity contribution >= 4 is 25.9 Å². The van der Waals surface area contributed by atoms with Crippen LogP contribution in [0.1, 0.15) is 84.3 Å². The normalized spacial score (nSPS) is 17.9. The Hall–Kier alpha value is -3.08. The Kier molecular flexibility index (Phi) is 9.86. The van der Waals surface area contributed by atoms with Gasteiger partial charge >= 0.3 is 0 Å². The number of ether oxygens (including phenoxy) is 1. The van der Waals surface area contributed by atoms with Crippen molar-refractivity contribution in [2.24, 2.45) is 0 Å². The number of rotatable bonds is 10. The molecule has 3 heterocycles. The van der Waals surface area contributed by atoms with Crippen LogP contribution in [0.25, 0.3) is 11.3 Å². The fourth-order valence-corrected chi connectivity index (χ4v) is 6.91. The maximum atomic E-state index is 13.2. The molecule has 1 amide bonds. The van der Waals surface area contributed by atoms with E-state index in [-0.39, 0.29) is 28.6 Å². The summed E-state index contributed by atoms with van der Waals surface area (Å²) in [5, 5.41) is 8.00. The minimum atomic E-state index is -1.79. The summed E-state index contributed by atoms with van der Waals surface area (Å²) in [5.74, 6) is 1.02. The van der Waals surface area contributed by atoms with E-state index < -0.39 is 8.32 Å². The van der Waals surface area contributed by atoms with Gasteiger partial charge in [-0.25, -0.2) is 9.97 Å². The number of anilines is 2. The molecule has 0 saturated carbocycles. The van der Waals surface area contributed by atoms with Gasteiger partial charge in [-0.2, -0.15) is 5.10 Å². The Morgan fingerprint density at radius 3 is 2.60 bits per heavy atom. The van der Waals surface area contributed by atoms with Crippen molar-refractivity contribution in [3.8, 4) is 11.3 Å². The molecule has 1 saturated heterocycles. The highest BCUT2D eigenvalue weighted by Crippen LogP contribution is 2.37. The third-order valence-electron chi connectivity index (χ3n) is 9.40. The lowest BCUT2D eigenvalue weighted by molar-refractivity contribution is -0.157. The van der Waals surface area contributed by atoms with Gasteiger partial charge in [0.25, 0.3) is 0 Å². The standard InChI is InChI=1S/C35H52N6O3Si/c1-34(2,3)44-29-23-40(24-29)32(42)20-26-12-10-9-11-25-19-27(13-14-30(25)26)31-15-16-36-33(39-31)38-28-21-37-41(22-28)17-18-43-45(7,8)35(4,5)6/h13-16,19,21-22,26,29H,9-12,17-18,20,23-24H2,1-8H3,(H,36,38,39). The maximum Gasteiger partial charge on any atom is 0.227 e. The van der Waals surface area contributed by atoms with Gasteiger partial charge in [0.05, 0.1) is 42.4 Å². The minimum absolute atomic E-state index is 0.147. The highest BCUT2D eigenvalue weighted by molar-refractivity contribution is 6.74. The number of nitrogens with zero attached hydrogens (tertiary/aromatic N) is 5. The minimum Gasteiger partial charge on any atom is -0.415 e. The molecule has 2 aliphatic rings. The van der Waals surface area contributed by atoms with Crippen molar-refractivity contribution < 1.29 is 14.0 Å². The zero-order chi connectivity index (χ0) is 32.4. The molecule has 1 fully saturated rings. The van der Waals surface area contributed by atoms with Crippen LogP contribution in [0.4, 0.5) is 11.6 Å². The van der Waals surface area contributed by atoms with Crippen molar-refractivity contribution in [1.29, 1.82) is 0 Å². The van der Waals surface area contributed by atoms with Gasteiger partial charge < -0.3 is 19.4 Å². The first-order valence-electron chi connectivity index (χ1n) is 16.5. The molecule has 1 aliphatic heterocycles. The number of likely N-dealkylation sites (tertiary alicyclic amines) is 1. The molecule has 0 bridgehead atoms. The van der Waals surface area contributed by atoms with E-state index in [1.165, 1.54) is 11.1 Å². The Labute approximate surface area is 270 Å². The number of carbonyl (C=O) groups excluding carboxylic acids is 1. The van der Waals surface area contributed by atoms with Gasteiger partial charge in [-0.15, -0.1) is 0 Å². The summed E-state index contributed by atoms with van der Waals surface area (Å²) < 4.78 is 14.2. The molecule has 5 rings (SSSR count). The summed E-state index contributed by atoms with van der Waals surface area (Å²) in [4.78, 5) is 24.4. The van der Waals surface area contributed by atoms with E-state index >= 15 is 0 Å². The summed E-state index contributed by atoms with van der Waals surface area (Å²) in [6.07, 6.45) is 10.6. The van der Waals surface area contributed by atoms with E-state index in [1.54, 1.807) is 12.4 Å². The number of aryl methyl sites for hydroxylation is 1. The average Bonchev–Trinajstić information content (AvgIpc) is 3.27. The predicted octanol–water partition coefficient (Wildman–Crippen LogP) is 7.33. The summed E-state index contributed by atoms with van der Waals surface area (Å²) in [7, 11) is -1.79. The largest absolute Gasteiger partial charge is 0.415 e. The lowest BCUT2D eigenvalue weighted by atomic mass is 9.88. The summed E-state index contributed by atoms with van der Waals surface area (Å²) in [6, 6.07) is 8.58. The molecule has 3 aromatic rings. The summed E-state index contributed by atoms with van der Waals surface area (Å²) in [5.41, 5.74) is 5.23. The van der Waals surface area contributed by atoms with E-state index in [0.717, 1.165) is 42.6 Å². The van der Waals surface area contributed by atoms with Crippen molar-refractivity contribution in [2.45, 2.75) is 116 Å². The van der Waals surface area contributed by atoms with Crippen LogP contribution in [0.5, 0.6) is 0 Å². The second-order valence-electron chi connectivity index (χ2n) is 15.2. The Bertz CT molecular complexity index is 1470. The van der Waals surface area contributed by atoms with Crippen LogP contribution in [-0.4, -0.2) is 70.3 Å². The van der Waals surface area contributed by atoms with Crippen LogP contribution in [0.3, 0.4) is 0 Å². The zero-order valence-corrected chi connectivity index (χ0v) is 29.5. The van der Waals surface area contributed by atoms with E-state index in [4.69, 9.17) is 14.1 Å². The van der Waals surface area contributed by atoms with Gasteiger partial charge in [0, 0.05) is 37.5 Å². The van der Waals surface area contributed by atoms with Crippen LogP contribution < -0.4 is 5.32 Å². The molecular weight excluding hydrogens is 581 g/mol. The number of fused-ring (bicyclic) bond motifs is 1. The number of nitrogens with one attached hydrogen (secondary N) is 1. The first-order valence-corrected chi connectivity index (χ1v) is 19.4. The number of hydrogen-bond acceptors (Lipinski definition) is 7.